The van der Waals surface area contributed by atoms with Crippen LogP contribution in [0.25, 0.3) is 0 Å². The molecule has 0 saturated carbocycles. The quantitative estimate of drug-likeness (QED) is 0.903. The number of hydrogen-bond donors (Lipinski definition) is 1. The van der Waals surface area contributed by atoms with E-state index < -0.39 is 0 Å². The monoisotopic (exact) mass is 264 g/mol. The van der Waals surface area contributed by atoms with Crippen molar-refractivity contribution in [3.8, 4) is 0 Å². The topological polar surface area (TPSA) is 42.7 Å². The Balaban J connectivity index is 1.94. The zero-order chi connectivity index (χ0) is 13.1. The minimum atomic E-state index is 0.278. The number of thiazole rings is 1. The van der Waals surface area contributed by atoms with E-state index in [4.69, 9.17) is 0 Å². The molecule has 0 spiro atoms. The SMILES string of the molecule is Cc1nc(C(C)NC(C)Cn2cccn2)c(C)s1. The number of aryl methyl sites for hydroxylation is 2. The van der Waals surface area contributed by atoms with Gasteiger partial charge in [-0.2, -0.15) is 5.10 Å². The first-order valence-corrected chi connectivity index (χ1v) is 7.05. The summed E-state index contributed by atoms with van der Waals surface area (Å²) in [5.74, 6) is 0. The first kappa shape index (κ1) is 13.2. The number of rotatable bonds is 5. The lowest BCUT2D eigenvalue weighted by Crippen LogP contribution is -2.33. The molecular weight excluding hydrogens is 244 g/mol. The average molecular weight is 264 g/mol. The number of aromatic nitrogens is 3. The highest BCUT2D eigenvalue weighted by Gasteiger charge is 2.15. The molecule has 0 amide bonds. The van der Waals surface area contributed by atoms with Crippen molar-refractivity contribution in [2.75, 3.05) is 0 Å². The van der Waals surface area contributed by atoms with Crippen LogP contribution in [0, 0.1) is 13.8 Å². The third-order valence-corrected chi connectivity index (χ3v) is 3.81. The van der Waals surface area contributed by atoms with Crippen molar-refractivity contribution in [2.24, 2.45) is 0 Å². The maximum atomic E-state index is 4.59. The van der Waals surface area contributed by atoms with Crippen LogP contribution in [0.2, 0.25) is 0 Å². The molecule has 2 aromatic heterocycles. The molecule has 2 heterocycles. The molecule has 0 aliphatic rings. The van der Waals surface area contributed by atoms with Crippen LogP contribution in [0.5, 0.6) is 0 Å². The summed E-state index contributed by atoms with van der Waals surface area (Å²) in [6.45, 7) is 9.41. The van der Waals surface area contributed by atoms with E-state index in [1.165, 1.54) is 10.6 Å². The lowest BCUT2D eigenvalue weighted by molar-refractivity contribution is 0.409. The van der Waals surface area contributed by atoms with Gasteiger partial charge in [0, 0.05) is 29.4 Å². The second-order valence-electron chi connectivity index (χ2n) is 4.69. The van der Waals surface area contributed by atoms with Gasteiger partial charge >= 0.3 is 0 Å². The maximum Gasteiger partial charge on any atom is 0.0900 e. The fourth-order valence-corrected chi connectivity index (χ4v) is 3.11. The first-order valence-electron chi connectivity index (χ1n) is 6.23. The van der Waals surface area contributed by atoms with E-state index in [2.05, 4.69) is 43.1 Å². The Morgan fingerprint density at radius 3 is 2.72 bits per heavy atom. The molecule has 1 N–H and O–H groups in total. The summed E-state index contributed by atoms with van der Waals surface area (Å²) in [5.41, 5.74) is 1.17. The van der Waals surface area contributed by atoms with Crippen LogP contribution in [0.15, 0.2) is 18.5 Å². The normalized spacial score (nSPS) is 14.7. The minimum Gasteiger partial charge on any atom is -0.304 e. The van der Waals surface area contributed by atoms with Crippen LogP contribution < -0.4 is 5.32 Å². The molecule has 2 aromatic rings. The highest BCUT2D eigenvalue weighted by molar-refractivity contribution is 7.11. The van der Waals surface area contributed by atoms with Gasteiger partial charge in [-0.1, -0.05) is 0 Å². The average Bonchev–Trinajstić information content (AvgIpc) is 2.88. The largest absolute Gasteiger partial charge is 0.304 e. The van der Waals surface area contributed by atoms with Gasteiger partial charge in [0.1, 0.15) is 0 Å². The molecule has 2 atom stereocenters. The summed E-state index contributed by atoms with van der Waals surface area (Å²) in [7, 11) is 0. The fraction of sp³-hybridized carbons (Fsp3) is 0.538. The Morgan fingerprint density at radius 1 is 1.39 bits per heavy atom. The summed E-state index contributed by atoms with van der Waals surface area (Å²) in [6, 6.07) is 2.59. The molecular formula is C13H20N4S. The van der Waals surface area contributed by atoms with Gasteiger partial charge in [-0.15, -0.1) is 11.3 Å². The van der Waals surface area contributed by atoms with Crippen LogP contribution in [0.4, 0.5) is 0 Å². The van der Waals surface area contributed by atoms with Crippen molar-refractivity contribution >= 4 is 11.3 Å². The minimum absolute atomic E-state index is 0.278. The van der Waals surface area contributed by atoms with Crippen LogP contribution in [-0.4, -0.2) is 20.8 Å². The van der Waals surface area contributed by atoms with Crippen LogP contribution in [0.1, 0.15) is 35.5 Å². The third kappa shape index (κ3) is 3.17. The Labute approximate surface area is 112 Å². The Morgan fingerprint density at radius 2 is 2.17 bits per heavy atom. The zero-order valence-electron chi connectivity index (χ0n) is 11.3. The summed E-state index contributed by atoms with van der Waals surface area (Å²) >= 11 is 1.76. The maximum absolute atomic E-state index is 4.59. The molecule has 98 valence electrons. The van der Waals surface area contributed by atoms with Gasteiger partial charge in [0.2, 0.25) is 0 Å². The molecule has 5 heteroatoms. The molecule has 0 aliphatic carbocycles. The predicted octanol–water partition coefficient (Wildman–Crippen LogP) is 2.70. The first-order chi connectivity index (χ1) is 8.56. The fourth-order valence-electron chi connectivity index (χ4n) is 2.19. The van der Waals surface area contributed by atoms with E-state index in [-0.39, 0.29) is 6.04 Å². The van der Waals surface area contributed by atoms with Gasteiger partial charge in [-0.25, -0.2) is 4.98 Å². The van der Waals surface area contributed by atoms with E-state index in [9.17, 15) is 0 Å². The second-order valence-corrected chi connectivity index (χ2v) is 6.10. The molecule has 0 bridgehead atoms. The van der Waals surface area contributed by atoms with E-state index in [0.29, 0.717) is 6.04 Å². The van der Waals surface area contributed by atoms with E-state index >= 15 is 0 Å². The molecule has 0 aliphatic heterocycles. The molecule has 0 saturated heterocycles. The van der Waals surface area contributed by atoms with Gasteiger partial charge < -0.3 is 5.32 Å². The third-order valence-electron chi connectivity index (χ3n) is 2.90. The van der Waals surface area contributed by atoms with Crippen molar-refractivity contribution in [2.45, 2.75) is 46.3 Å². The summed E-state index contributed by atoms with van der Waals surface area (Å²) < 4.78 is 1.95. The Kier molecular flexibility index (Phi) is 4.14. The highest BCUT2D eigenvalue weighted by atomic mass is 32.1. The summed E-state index contributed by atoms with van der Waals surface area (Å²) in [5, 5.41) is 8.93. The van der Waals surface area contributed by atoms with Crippen LogP contribution >= 0.6 is 11.3 Å². The molecule has 0 fully saturated rings. The smallest absolute Gasteiger partial charge is 0.0900 e. The van der Waals surface area contributed by atoms with Gasteiger partial charge in [0.15, 0.2) is 0 Å². The van der Waals surface area contributed by atoms with Gasteiger partial charge in [0.05, 0.1) is 17.2 Å². The zero-order valence-corrected chi connectivity index (χ0v) is 12.2. The highest BCUT2D eigenvalue weighted by Crippen LogP contribution is 2.22. The molecule has 2 rings (SSSR count). The number of nitrogens with one attached hydrogen (secondary N) is 1. The van der Waals surface area contributed by atoms with Crippen molar-refractivity contribution in [1.29, 1.82) is 0 Å². The standard InChI is InChI=1S/C13H20N4S/c1-9(8-17-7-5-6-14-17)15-10(2)13-11(3)18-12(4)16-13/h5-7,9-10,15H,8H2,1-4H3. The summed E-state index contributed by atoms with van der Waals surface area (Å²) in [6.07, 6.45) is 3.80. The number of nitrogens with zero attached hydrogens (tertiary/aromatic N) is 3. The second kappa shape index (κ2) is 5.63. The Hall–Kier alpha value is -1.20. The van der Waals surface area contributed by atoms with E-state index in [0.717, 1.165) is 11.6 Å². The Bertz CT molecular complexity index is 489. The summed E-state index contributed by atoms with van der Waals surface area (Å²) in [4.78, 5) is 5.90. The van der Waals surface area contributed by atoms with Crippen LogP contribution in [0.3, 0.4) is 0 Å². The molecule has 18 heavy (non-hydrogen) atoms. The van der Waals surface area contributed by atoms with Crippen molar-refractivity contribution in [3.63, 3.8) is 0 Å². The predicted molar refractivity (Wildman–Crippen MR) is 74.8 cm³/mol. The van der Waals surface area contributed by atoms with Crippen molar-refractivity contribution in [1.82, 2.24) is 20.1 Å². The van der Waals surface area contributed by atoms with Gasteiger partial charge in [-0.05, 0) is 33.8 Å². The van der Waals surface area contributed by atoms with Gasteiger partial charge in [-0.3, -0.25) is 4.68 Å². The lowest BCUT2D eigenvalue weighted by atomic mass is 10.2. The molecule has 0 radical (unpaired) electrons. The lowest BCUT2D eigenvalue weighted by Gasteiger charge is -2.19. The molecule has 0 aromatic carbocycles. The molecule has 4 nitrogen and oxygen atoms in total. The van der Waals surface area contributed by atoms with Crippen molar-refractivity contribution < 1.29 is 0 Å². The molecule has 2 unspecified atom stereocenters. The number of hydrogen-bond acceptors (Lipinski definition) is 4. The van der Waals surface area contributed by atoms with Gasteiger partial charge in [0.25, 0.3) is 0 Å². The van der Waals surface area contributed by atoms with Crippen molar-refractivity contribution in [3.05, 3.63) is 34.0 Å². The van der Waals surface area contributed by atoms with E-state index in [1.54, 1.807) is 11.3 Å². The van der Waals surface area contributed by atoms with E-state index in [1.807, 2.05) is 23.1 Å². The van der Waals surface area contributed by atoms with Crippen LogP contribution in [-0.2, 0) is 6.54 Å².